The van der Waals surface area contributed by atoms with Crippen LogP contribution in [-0.4, -0.2) is 23.4 Å². The Hall–Kier alpha value is -1.58. The molecule has 2 rings (SSSR count). The number of carbonyl (C=O) groups excluding carboxylic acids is 1. The minimum Gasteiger partial charge on any atom is -0.396 e. The van der Waals surface area contributed by atoms with Crippen molar-refractivity contribution in [3.05, 3.63) is 29.6 Å². The number of benzene rings is 1. The minimum atomic E-state index is -0.530. The number of halogens is 1. The first-order valence-corrected chi connectivity index (χ1v) is 5.45. The smallest absolute Gasteiger partial charge is 0.254 e. The molecule has 1 aromatic carbocycles. The maximum absolute atomic E-state index is 13.2. The Bertz CT molecular complexity index is 419. The highest BCUT2D eigenvalue weighted by Gasteiger charge is 2.26. The number of nitrogen functional groups attached to an aromatic ring is 1. The SMILES string of the molecule is CC1CCCN1C(=O)c1ccc(N)c(F)c1. The predicted octanol–water partition coefficient (Wildman–Crippen LogP) is 2.03. The van der Waals surface area contributed by atoms with Crippen molar-refractivity contribution in [1.29, 1.82) is 0 Å². The highest BCUT2D eigenvalue weighted by atomic mass is 19.1. The van der Waals surface area contributed by atoms with Gasteiger partial charge in [0, 0.05) is 18.2 Å². The van der Waals surface area contributed by atoms with Gasteiger partial charge in [0.15, 0.2) is 0 Å². The summed E-state index contributed by atoms with van der Waals surface area (Å²) in [6.45, 7) is 2.77. The molecule has 2 N–H and O–H groups in total. The zero-order chi connectivity index (χ0) is 11.7. The lowest BCUT2D eigenvalue weighted by Crippen LogP contribution is -2.33. The molecule has 0 aromatic heterocycles. The molecule has 1 aliphatic heterocycles. The van der Waals surface area contributed by atoms with Crippen molar-refractivity contribution in [3.8, 4) is 0 Å². The van der Waals surface area contributed by atoms with Gasteiger partial charge in [-0.3, -0.25) is 4.79 Å². The Morgan fingerprint density at radius 1 is 1.56 bits per heavy atom. The number of hydrogen-bond acceptors (Lipinski definition) is 2. The molecule has 1 fully saturated rings. The molecule has 1 atom stereocenters. The molecule has 1 aliphatic rings. The fourth-order valence-corrected chi connectivity index (χ4v) is 2.06. The Morgan fingerprint density at radius 3 is 2.88 bits per heavy atom. The van der Waals surface area contributed by atoms with E-state index in [9.17, 15) is 9.18 Å². The number of amides is 1. The fourth-order valence-electron chi connectivity index (χ4n) is 2.06. The molecule has 1 aromatic rings. The first-order valence-electron chi connectivity index (χ1n) is 5.45. The zero-order valence-corrected chi connectivity index (χ0v) is 9.24. The summed E-state index contributed by atoms with van der Waals surface area (Å²) in [4.78, 5) is 13.8. The molecule has 1 saturated heterocycles. The molecule has 0 aliphatic carbocycles. The van der Waals surface area contributed by atoms with Crippen LogP contribution in [0, 0.1) is 5.82 Å². The van der Waals surface area contributed by atoms with Crippen LogP contribution in [0.3, 0.4) is 0 Å². The molecule has 0 radical (unpaired) electrons. The van der Waals surface area contributed by atoms with Crippen LogP contribution in [0.4, 0.5) is 10.1 Å². The predicted molar refractivity (Wildman–Crippen MR) is 60.5 cm³/mol. The molecule has 1 unspecified atom stereocenters. The van der Waals surface area contributed by atoms with Crippen molar-refractivity contribution in [2.75, 3.05) is 12.3 Å². The summed E-state index contributed by atoms with van der Waals surface area (Å²) < 4.78 is 13.2. The van der Waals surface area contributed by atoms with E-state index < -0.39 is 5.82 Å². The number of carbonyl (C=O) groups is 1. The summed E-state index contributed by atoms with van der Waals surface area (Å²) in [5.41, 5.74) is 5.82. The van der Waals surface area contributed by atoms with Crippen LogP contribution < -0.4 is 5.73 Å². The van der Waals surface area contributed by atoms with Crippen molar-refractivity contribution in [3.63, 3.8) is 0 Å². The molecule has 0 spiro atoms. The lowest BCUT2D eigenvalue weighted by Gasteiger charge is -2.21. The van der Waals surface area contributed by atoms with Gasteiger partial charge in [0.1, 0.15) is 5.82 Å². The zero-order valence-electron chi connectivity index (χ0n) is 9.24. The van der Waals surface area contributed by atoms with E-state index in [-0.39, 0.29) is 17.6 Å². The number of nitrogens with zero attached hydrogens (tertiary/aromatic N) is 1. The second-order valence-corrected chi connectivity index (χ2v) is 4.23. The van der Waals surface area contributed by atoms with Gasteiger partial charge in [-0.05, 0) is 38.0 Å². The van der Waals surface area contributed by atoms with Crippen molar-refractivity contribution in [2.24, 2.45) is 0 Å². The van der Waals surface area contributed by atoms with Gasteiger partial charge in [0.2, 0.25) is 0 Å². The summed E-state index contributed by atoms with van der Waals surface area (Å²) >= 11 is 0. The third-order valence-corrected chi connectivity index (χ3v) is 3.06. The average molecular weight is 222 g/mol. The molecule has 3 nitrogen and oxygen atoms in total. The number of nitrogens with two attached hydrogens (primary N) is 1. The van der Waals surface area contributed by atoms with E-state index in [0.29, 0.717) is 5.56 Å². The summed E-state index contributed by atoms with van der Waals surface area (Å²) in [5, 5.41) is 0. The van der Waals surface area contributed by atoms with Crippen LogP contribution in [0.2, 0.25) is 0 Å². The first-order chi connectivity index (χ1) is 7.59. The largest absolute Gasteiger partial charge is 0.396 e. The van der Waals surface area contributed by atoms with Gasteiger partial charge in [-0.15, -0.1) is 0 Å². The van der Waals surface area contributed by atoms with Crippen molar-refractivity contribution >= 4 is 11.6 Å². The lowest BCUT2D eigenvalue weighted by atomic mass is 10.1. The van der Waals surface area contributed by atoms with Gasteiger partial charge < -0.3 is 10.6 Å². The highest BCUT2D eigenvalue weighted by Crippen LogP contribution is 2.21. The first kappa shape index (κ1) is 10.9. The normalized spacial score (nSPS) is 20.1. The second kappa shape index (κ2) is 4.12. The maximum Gasteiger partial charge on any atom is 0.254 e. The van der Waals surface area contributed by atoms with Crippen LogP contribution >= 0.6 is 0 Å². The maximum atomic E-state index is 13.2. The van der Waals surface area contributed by atoms with E-state index in [1.54, 1.807) is 11.0 Å². The number of likely N-dealkylation sites (tertiary alicyclic amines) is 1. The Labute approximate surface area is 94.0 Å². The number of hydrogen-bond donors (Lipinski definition) is 1. The summed E-state index contributed by atoms with van der Waals surface area (Å²) in [6.07, 6.45) is 2.04. The van der Waals surface area contributed by atoms with Gasteiger partial charge in [-0.1, -0.05) is 0 Å². The monoisotopic (exact) mass is 222 g/mol. The minimum absolute atomic E-state index is 0.0750. The number of anilines is 1. The molecular formula is C12H15FN2O. The van der Waals surface area contributed by atoms with Crippen LogP contribution in [-0.2, 0) is 0 Å². The van der Waals surface area contributed by atoms with E-state index >= 15 is 0 Å². The second-order valence-electron chi connectivity index (χ2n) is 4.23. The van der Waals surface area contributed by atoms with Gasteiger partial charge in [0.05, 0.1) is 5.69 Å². The van der Waals surface area contributed by atoms with Crippen LogP contribution in [0.25, 0.3) is 0 Å². The topological polar surface area (TPSA) is 46.3 Å². The Morgan fingerprint density at radius 2 is 2.31 bits per heavy atom. The van der Waals surface area contributed by atoms with Crippen LogP contribution in [0.15, 0.2) is 18.2 Å². The van der Waals surface area contributed by atoms with E-state index in [2.05, 4.69) is 0 Å². The van der Waals surface area contributed by atoms with E-state index in [0.717, 1.165) is 19.4 Å². The average Bonchev–Trinajstić information content (AvgIpc) is 2.67. The molecule has 0 saturated carbocycles. The Balaban J connectivity index is 2.23. The highest BCUT2D eigenvalue weighted by molar-refractivity contribution is 5.94. The quantitative estimate of drug-likeness (QED) is 0.739. The number of rotatable bonds is 1. The van der Waals surface area contributed by atoms with Crippen LogP contribution in [0.5, 0.6) is 0 Å². The Kier molecular flexibility index (Phi) is 2.81. The lowest BCUT2D eigenvalue weighted by molar-refractivity contribution is 0.0747. The third kappa shape index (κ3) is 1.87. The standard InChI is InChI=1S/C12H15FN2O/c1-8-3-2-6-15(8)12(16)9-4-5-11(14)10(13)7-9/h4-5,7-8H,2-3,6,14H2,1H3. The summed E-state index contributed by atoms with van der Waals surface area (Å²) in [5.74, 6) is -0.637. The van der Waals surface area contributed by atoms with Gasteiger partial charge >= 0.3 is 0 Å². The van der Waals surface area contributed by atoms with Crippen molar-refractivity contribution in [2.45, 2.75) is 25.8 Å². The van der Waals surface area contributed by atoms with Crippen molar-refractivity contribution in [1.82, 2.24) is 4.90 Å². The molecule has 1 heterocycles. The molecular weight excluding hydrogens is 207 g/mol. The summed E-state index contributed by atoms with van der Waals surface area (Å²) in [6, 6.07) is 4.46. The summed E-state index contributed by atoms with van der Waals surface area (Å²) in [7, 11) is 0. The van der Waals surface area contributed by atoms with Gasteiger partial charge in [-0.25, -0.2) is 4.39 Å². The molecule has 1 amide bonds. The third-order valence-electron chi connectivity index (χ3n) is 3.06. The molecule has 86 valence electrons. The molecule has 0 bridgehead atoms. The van der Waals surface area contributed by atoms with Gasteiger partial charge in [0.25, 0.3) is 5.91 Å². The van der Waals surface area contributed by atoms with E-state index in [4.69, 9.17) is 5.73 Å². The van der Waals surface area contributed by atoms with E-state index in [1.165, 1.54) is 12.1 Å². The van der Waals surface area contributed by atoms with Gasteiger partial charge in [-0.2, -0.15) is 0 Å². The van der Waals surface area contributed by atoms with E-state index in [1.807, 2.05) is 6.92 Å². The molecule has 4 heteroatoms. The van der Waals surface area contributed by atoms with Crippen LogP contribution in [0.1, 0.15) is 30.1 Å². The fraction of sp³-hybridized carbons (Fsp3) is 0.417. The van der Waals surface area contributed by atoms with Crippen molar-refractivity contribution < 1.29 is 9.18 Å². The molecule has 16 heavy (non-hydrogen) atoms.